The number of hydrogen-bond donors (Lipinski definition) is 3. The number of hydrazine groups is 1. The highest BCUT2D eigenvalue weighted by Crippen LogP contribution is 2.20. The van der Waals surface area contributed by atoms with Crippen LogP contribution in [0.4, 0.5) is 0 Å². The maximum Gasteiger partial charge on any atom is 0.287 e. The van der Waals surface area contributed by atoms with Crippen molar-refractivity contribution >= 4 is 11.8 Å². The van der Waals surface area contributed by atoms with Crippen molar-refractivity contribution in [3.05, 3.63) is 36.0 Å². The van der Waals surface area contributed by atoms with Crippen molar-refractivity contribution in [3.8, 4) is 17.0 Å². The second-order valence-electron chi connectivity index (χ2n) is 5.00. The number of methoxy groups -OCH3 is 1. The Morgan fingerprint density at radius 2 is 1.96 bits per heavy atom. The number of benzene rings is 1. The minimum Gasteiger partial charge on any atom is -0.497 e. The Hall–Kier alpha value is -2.83. The fraction of sp³-hybridized carbons (Fsp3) is 0.312. The van der Waals surface area contributed by atoms with Crippen LogP contribution in [0.15, 0.2) is 30.3 Å². The number of nitrogens with zero attached hydrogens (tertiary/aromatic N) is 1. The summed E-state index contributed by atoms with van der Waals surface area (Å²) in [7, 11) is 1.60. The van der Waals surface area contributed by atoms with E-state index < -0.39 is 5.91 Å². The number of ether oxygens (including phenoxy) is 1. The lowest BCUT2D eigenvalue weighted by Gasteiger charge is -2.05. The Morgan fingerprint density at radius 3 is 2.61 bits per heavy atom. The van der Waals surface area contributed by atoms with Crippen LogP contribution >= 0.6 is 0 Å². The molecular weight excluding hydrogens is 296 g/mol. The molecule has 0 bridgehead atoms. The minimum atomic E-state index is -0.442. The van der Waals surface area contributed by atoms with Crippen LogP contribution in [0.2, 0.25) is 0 Å². The van der Waals surface area contributed by atoms with Crippen LogP contribution in [0.25, 0.3) is 11.3 Å². The molecule has 0 radical (unpaired) electrons. The highest BCUT2D eigenvalue weighted by molar-refractivity contribution is 5.94. The second-order valence-corrected chi connectivity index (χ2v) is 5.00. The SMILES string of the molecule is CCCCC(=O)NNC(=O)c1cc(-c2ccc(OC)cc2)n[nH]1. The molecule has 2 amide bonds. The number of carbonyl (C=O) groups is 2. The number of rotatable bonds is 6. The normalized spacial score (nSPS) is 10.2. The summed E-state index contributed by atoms with van der Waals surface area (Å²) in [5, 5.41) is 6.76. The number of H-pyrrole nitrogens is 1. The molecule has 0 aliphatic heterocycles. The quantitative estimate of drug-likeness (QED) is 0.711. The number of aromatic amines is 1. The van der Waals surface area contributed by atoms with Gasteiger partial charge < -0.3 is 4.74 Å². The van der Waals surface area contributed by atoms with E-state index in [9.17, 15) is 9.59 Å². The predicted molar refractivity (Wildman–Crippen MR) is 85.7 cm³/mol. The van der Waals surface area contributed by atoms with Gasteiger partial charge in [0.1, 0.15) is 11.4 Å². The lowest BCUT2D eigenvalue weighted by atomic mass is 10.1. The van der Waals surface area contributed by atoms with Gasteiger partial charge in [-0.15, -0.1) is 0 Å². The summed E-state index contributed by atoms with van der Waals surface area (Å²) in [6, 6.07) is 8.96. The largest absolute Gasteiger partial charge is 0.497 e. The first-order valence-electron chi connectivity index (χ1n) is 7.43. The van der Waals surface area contributed by atoms with Gasteiger partial charge in [-0.1, -0.05) is 13.3 Å². The van der Waals surface area contributed by atoms with Gasteiger partial charge in [0, 0.05) is 12.0 Å². The average molecular weight is 316 g/mol. The summed E-state index contributed by atoms with van der Waals surface area (Å²) in [6.45, 7) is 2.00. The number of amides is 2. The number of hydrogen-bond acceptors (Lipinski definition) is 4. The first-order chi connectivity index (χ1) is 11.1. The van der Waals surface area contributed by atoms with Gasteiger partial charge >= 0.3 is 0 Å². The smallest absolute Gasteiger partial charge is 0.287 e. The summed E-state index contributed by atoms with van der Waals surface area (Å²) >= 11 is 0. The molecule has 1 aromatic heterocycles. The topological polar surface area (TPSA) is 96.1 Å². The molecule has 0 atom stereocenters. The Labute approximate surface area is 134 Å². The van der Waals surface area contributed by atoms with Gasteiger partial charge in [-0.05, 0) is 36.8 Å². The van der Waals surface area contributed by atoms with Crippen molar-refractivity contribution in [2.75, 3.05) is 7.11 Å². The molecule has 1 aromatic carbocycles. The third-order valence-corrected chi connectivity index (χ3v) is 3.28. The van der Waals surface area contributed by atoms with Gasteiger partial charge in [0.05, 0.1) is 12.8 Å². The summed E-state index contributed by atoms with van der Waals surface area (Å²) in [6.07, 6.45) is 2.09. The number of aromatic nitrogens is 2. The van der Waals surface area contributed by atoms with Crippen LogP contribution < -0.4 is 15.6 Å². The molecule has 1 heterocycles. The number of unbranched alkanes of at least 4 members (excludes halogenated alkanes) is 1. The maximum atomic E-state index is 12.0. The van der Waals surface area contributed by atoms with E-state index in [1.807, 2.05) is 31.2 Å². The Morgan fingerprint density at radius 1 is 1.22 bits per heavy atom. The molecule has 0 aliphatic rings. The molecule has 0 unspecified atom stereocenters. The molecule has 0 saturated heterocycles. The van der Waals surface area contributed by atoms with Gasteiger partial charge in [0.25, 0.3) is 5.91 Å². The molecule has 3 N–H and O–H groups in total. The standard InChI is InChI=1S/C16H20N4O3/c1-3-4-5-15(21)19-20-16(22)14-10-13(17-18-14)11-6-8-12(23-2)9-7-11/h6-10H,3-5H2,1-2H3,(H,17,18)(H,19,21)(H,20,22). The van der Waals surface area contributed by atoms with E-state index >= 15 is 0 Å². The van der Waals surface area contributed by atoms with Gasteiger partial charge in [-0.25, -0.2) is 0 Å². The molecule has 2 aromatic rings. The van der Waals surface area contributed by atoms with Crippen LogP contribution in [0, 0.1) is 0 Å². The van der Waals surface area contributed by atoms with Crippen molar-refractivity contribution in [3.63, 3.8) is 0 Å². The molecular formula is C16H20N4O3. The Balaban J connectivity index is 1.95. The van der Waals surface area contributed by atoms with Crippen LogP contribution in [0.5, 0.6) is 5.75 Å². The second kappa shape index (κ2) is 7.98. The molecule has 0 fully saturated rings. The summed E-state index contributed by atoms with van der Waals surface area (Å²) in [5.74, 6) is 0.0919. The zero-order valence-electron chi connectivity index (χ0n) is 13.2. The minimum absolute atomic E-state index is 0.213. The molecule has 23 heavy (non-hydrogen) atoms. The molecule has 7 nitrogen and oxygen atoms in total. The van der Waals surface area contributed by atoms with Crippen molar-refractivity contribution in [1.82, 2.24) is 21.0 Å². The Kier molecular flexibility index (Phi) is 5.74. The van der Waals surface area contributed by atoms with Crippen molar-refractivity contribution in [1.29, 1.82) is 0 Å². The Bertz CT molecular complexity index is 664. The first kappa shape index (κ1) is 16.5. The van der Waals surface area contributed by atoms with Crippen molar-refractivity contribution in [2.24, 2.45) is 0 Å². The monoisotopic (exact) mass is 316 g/mol. The van der Waals surface area contributed by atoms with Gasteiger partial charge in [-0.3, -0.25) is 25.5 Å². The predicted octanol–water partition coefficient (Wildman–Crippen LogP) is 2.04. The fourth-order valence-corrected chi connectivity index (χ4v) is 1.94. The zero-order valence-corrected chi connectivity index (χ0v) is 13.2. The zero-order chi connectivity index (χ0) is 16.7. The fourth-order valence-electron chi connectivity index (χ4n) is 1.94. The third-order valence-electron chi connectivity index (χ3n) is 3.28. The van der Waals surface area contributed by atoms with Gasteiger partial charge in [0.2, 0.25) is 5.91 Å². The third kappa shape index (κ3) is 4.57. The van der Waals surface area contributed by atoms with E-state index in [0.29, 0.717) is 12.1 Å². The summed E-state index contributed by atoms with van der Waals surface area (Å²) in [5.41, 5.74) is 6.50. The molecule has 122 valence electrons. The van der Waals surface area contributed by atoms with Crippen LogP contribution in [-0.2, 0) is 4.79 Å². The van der Waals surface area contributed by atoms with E-state index in [2.05, 4.69) is 21.0 Å². The number of nitrogens with one attached hydrogen (secondary N) is 3. The van der Waals surface area contributed by atoms with E-state index in [0.717, 1.165) is 24.2 Å². The van der Waals surface area contributed by atoms with E-state index in [-0.39, 0.29) is 11.6 Å². The summed E-state index contributed by atoms with van der Waals surface area (Å²) in [4.78, 5) is 23.4. The van der Waals surface area contributed by atoms with E-state index in [4.69, 9.17) is 4.74 Å². The van der Waals surface area contributed by atoms with E-state index in [1.54, 1.807) is 13.2 Å². The highest BCUT2D eigenvalue weighted by Gasteiger charge is 2.12. The van der Waals surface area contributed by atoms with Gasteiger partial charge in [-0.2, -0.15) is 5.10 Å². The van der Waals surface area contributed by atoms with Crippen LogP contribution in [0.1, 0.15) is 36.7 Å². The molecule has 7 heteroatoms. The highest BCUT2D eigenvalue weighted by atomic mass is 16.5. The molecule has 0 spiro atoms. The van der Waals surface area contributed by atoms with Crippen molar-refractivity contribution in [2.45, 2.75) is 26.2 Å². The van der Waals surface area contributed by atoms with E-state index in [1.165, 1.54) is 0 Å². The lowest BCUT2D eigenvalue weighted by Crippen LogP contribution is -2.41. The average Bonchev–Trinajstić information content (AvgIpc) is 3.08. The number of carbonyl (C=O) groups excluding carboxylic acids is 2. The lowest BCUT2D eigenvalue weighted by molar-refractivity contribution is -0.121. The first-order valence-corrected chi connectivity index (χ1v) is 7.43. The van der Waals surface area contributed by atoms with Crippen LogP contribution in [-0.4, -0.2) is 29.1 Å². The van der Waals surface area contributed by atoms with Crippen molar-refractivity contribution < 1.29 is 14.3 Å². The summed E-state index contributed by atoms with van der Waals surface area (Å²) < 4.78 is 5.10. The molecule has 0 saturated carbocycles. The van der Waals surface area contributed by atoms with Gasteiger partial charge in [0.15, 0.2) is 0 Å². The van der Waals surface area contributed by atoms with Crippen LogP contribution in [0.3, 0.4) is 0 Å². The maximum absolute atomic E-state index is 12.0. The molecule has 2 rings (SSSR count). The molecule has 0 aliphatic carbocycles.